The molecule has 0 fully saturated rings. The van der Waals surface area contributed by atoms with Gasteiger partial charge in [-0.15, -0.1) is 0 Å². The van der Waals surface area contributed by atoms with Crippen LogP contribution in [0.3, 0.4) is 0 Å². The van der Waals surface area contributed by atoms with Crippen molar-refractivity contribution in [1.29, 1.82) is 0 Å². The quantitative estimate of drug-likeness (QED) is 0.441. The maximum absolute atomic E-state index is 6.29. The van der Waals surface area contributed by atoms with E-state index in [-0.39, 0.29) is 6.10 Å². The standard InChI is InChI=1S/C26H23NO2/c1-2-6-19(7-3-1)16-24-15-12-21-11-14-23(17-26(21)29-24)28-18-22-13-10-20-8-4-5-9-25(20)27-22/h1-11,13-14,17,24H,12,15-16,18H2. The molecule has 5 rings (SSSR count). The van der Waals surface area contributed by atoms with Gasteiger partial charge in [0.1, 0.15) is 24.2 Å². The first kappa shape index (κ1) is 17.7. The molecule has 0 saturated carbocycles. The molecule has 0 aliphatic carbocycles. The van der Waals surface area contributed by atoms with Gasteiger partial charge in [-0.1, -0.05) is 60.7 Å². The number of hydrogen-bond donors (Lipinski definition) is 0. The van der Waals surface area contributed by atoms with Crippen molar-refractivity contribution in [2.24, 2.45) is 0 Å². The Hall–Kier alpha value is -3.33. The molecule has 3 aromatic carbocycles. The van der Waals surface area contributed by atoms with Gasteiger partial charge in [0.2, 0.25) is 0 Å². The van der Waals surface area contributed by atoms with Crippen molar-refractivity contribution in [3.63, 3.8) is 0 Å². The van der Waals surface area contributed by atoms with Crippen LogP contribution in [0.25, 0.3) is 10.9 Å². The van der Waals surface area contributed by atoms with Crippen LogP contribution >= 0.6 is 0 Å². The maximum Gasteiger partial charge on any atom is 0.130 e. The lowest BCUT2D eigenvalue weighted by molar-refractivity contribution is 0.172. The van der Waals surface area contributed by atoms with Crippen LogP contribution in [0.4, 0.5) is 0 Å². The largest absolute Gasteiger partial charge is 0.490 e. The van der Waals surface area contributed by atoms with Gasteiger partial charge in [-0.2, -0.15) is 0 Å². The molecule has 4 aromatic rings. The Morgan fingerprint density at radius 3 is 2.69 bits per heavy atom. The predicted molar refractivity (Wildman–Crippen MR) is 115 cm³/mol. The fourth-order valence-electron chi connectivity index (χ4n) is 3.86. The highest BCUT2D eigenvalue weighted by Crippen LogP contribution is 2.32. The molecule has 3 nitrogen and oxygen atoms in total. The molecule has 0 spiro atoms. The molecular weight excluding hydrogens is 358 g/mol. The Bertz CT molecular complexity index is 1120. The van der Waals surface area contributed by atoms with Crippen LogP contribution in [0.15, 0.2) is 84.9 Å². The van der Waals surface area contributed by atoms with Gasteiger partial charge >= 0.3 is 0 Å². The third-order valence-corrected chi connectivity index (χ3v) is 5.42. The summed E-state index contributed by atoms with van der Waals surface area (Å²) in [5.41, 5.74) is 4.48. The molecule has 1 atom stereocenters. The second kappa shape index (κ2) is 7.96. The van der Waals surface area contributed by atoms with E-state index in [1.807, 2.05) is 36.4 Å². The molecule has 1 aliphatic heterocycles. The van der Waals surface area contributed by atoms with E-state index in [1.54, 1.807) is 0 Å². The molecule has 2 heterocycles. The zero-order valence-electron chi connectivity index (χ0n) is 16.3. The number of ether oxygens (including phenoxy) is 2. The molecule has 1 unspecified atom stereocenters. The summed E-state index contributed by atoms with van der Waals surface area (Å²) in [7, 11) is 0. The van der Waals surface area contributed by atoms with Crippen LogP contribution in [0, 0.1) is 0 Å². The van der Waals surface area contributed by atoms with E-state index in [0.29, 0.717) is 6.61 Å². The van der Waals surface area contributed by atoms with Gasteiger partial charge in [0, 0.05) is 17.9 Å². The number of aromatic nitrogens is 1. The smallest absolute Gasteiger partial charge is 0.130 e. The molecule has 0 N–H and O–H groups in total. The van der Waals surface area contributed by atoms with E-state index in [2.05, 4.69) is 53.5 Å². The van der Waals surface area contributed by atoms with Gasteiger partial charge < -0.3 is 9.47 Å². The Morgan fingerprint density at radius 2 is 1.76 bits per heavy atom. The number of hydrogen-bond acceptors (Lipinski definition) is 3. The molecule has 0 saturated heterocycles. The minimum absolute atomic E-state index is 0.210. The topological polar surface area (TPSA) is 31.4 Å². The monoisotopic (exact) mass is 381 g/mol. The molecule has 0 radical (unpaired) electrons. The molecule has 3 heteroatoms. The summed E-state index contributed by atoms with van der Waals surface area (Å²) in [6.07, 6.45) is 3.23. The maximum atomic E-state index is 6.29. The second-order valence-electron chi connectivity index (χ2n) is 7.52. The van der Waals surface area contributed by atoms with Crippen molar-refractivity contribution in [2.45, 2.75) is 32.0 Å². The first-order chi connectivity index (χ1) is 14.3. The van der Waals surface area contributed by atoms with E-state index in [1.165, 1.54) is 11.1 Å². The number of pyridine rings is 1. The summed E-state index contributed by atoms with van der Waals surface area (Å²) in [6.45, 7) is 0.442. The zero-order valence-corrected chi connectivity index (χ0v) is 16.3. The van der Waals surface area contributed by atoms with Crippen molar-refractivity contribution in [2.75, 3.05) is 0 Å². The van der Waals surface area contributed by atoms with E-state index in [0.717, 1.165) is 47.4 Å². The number of nitrogens with zero attached hydrogens (tertiary/aromatic N) is 1. The molecule has 0 bridgehead atoms. The Morgan fingerprint density at radius 1 is 0.897 bits per heavy atom. The van der Waals surface area contributed by atoms with E-state index >= 15 is 0 Å². The molecular formula is C26H23NO2. The number of benzene rings is 3. The fourth-order valence-corrected chi connectivity index (χ4v) is 3.86. The third kappa shape index (κ3) is 4.09. The lowest BCUT2D eigenvalue weighted by atomic mass is 9.97. The average Bonchev–Trinajstić information content (AvgIpc) is 2.78. The molecule has 0 amide bonds. The van der Waals surface area contributed by atoms with Crippen molar-refractivity contribution in [1.82, 2.24) is 4.98 Å². The first-order valence-electron chi connectivity index (χ1n) is 10.1. The second-order valence-corrected chi connectivity index (χ2v) is 7.52. The number of aryl methyl sites for hydroxylation is 1. The van der Waals surface area contributed by atoms with Gasteiger partial charge in [-0.25, -0.2) is 4.98 Å². The Labute approximate surface area is 170 Å². The zero-order chi connectivity index (χ0) is 19.5. The van der Waals surface area contributed by atoms with Crippen LogP contribution in [0.2, 0.25) is 0 Å². The minimum atomic E-state index is 0.210. The highest BCUT2D eigenvalue weighted by molar-refractivity contribution is 5.78. The van der Waals surface area contributed by atoms with Gasteiger partial charge in [0.25, 0.3) is 0 Å². The van der Waals surface area contributed by atoms with Crippen LogP contribution in [0.5, 0.6) is 11.5 Å². The van der Waals surface area contributed by atoms with Crippen LogP contribution in [-0.2, 0) is 19.4 Å². The average molecular weight is 381 g/mol. The molecule has 144 valence electrons. The lowest BCUT2D eigenvalue weighted by Crippen LogP contribution is -2.24. The molecule has 29 heavy (non-hydrogen) atoms. The van der Waals surface area contributed by atoms with Crippen LogP contribution in [-0.4, -0.2) is 11.1 Å². The predicted octanol–water partition coefficient (Wildman–Crippen LogP) is 5.75. The highest BCUT2D eigenvalue weighted by atomic mass is 16.5. The van der Waals surface area contributed by atoms with Crippen molar-refractivity contribution in [3.8, 4) is 11.5 Å². The van der Waals surface area contributed by atoms with E-state index in [9.17, 15) is 0 Å². The number of fused-ring (bicyclic) bond motifs is 2. The van der Waals surface area contributed by atoms with E-state index < -0.39 is 0 Å². The van der Waals surface area contributed by atoms with Gasteiger partial charge in [0.05, 0.1) is 11.2 Å². The minimum Gasteiger partial charge on any atom is -0.490 e. The fraction of sp³-hybridized carbons (Fsp3) is 0.192. The Kier molecular flexibility index (Phi) is 4.87. The summed E-state index contributed by atoms with van der Waals surface area (Å²) < 4.78 is 12.3. The molecule has 1 aromatic heterocycles. The summed E-state index contributed by atoms with van der Waals surface area (Å²) in [4.78, 5) is 4.68. The lowest BCUT2D eigenvalue weighted by Gasteiger charge is -2.26. The van der Waals surface area contributed by atoms with Crippen molar-refractivity contribution < 1.29 is 9.47 Å². The van der Waals surface area contributed by atoms with Gasteiger partial charge in [0.15, 0.2) is 0 Å². The Balaban J connectivity index is 1.27. The van der Waals surface area contributed by atoms with Crippen LogP contribution < -0.4 is 9.47 Å². The normalized spacial score (nSPS) is 15.5. The highest BCUT2D eigenvalue weighted by Gasteiger charge is 2.20. The first-order valence-corrected chi connectivity index (χ1v) is 10.1. The summed E-state index contributed by atoms with van der Waals surface area (Å²) in [5.74, 6) is 1.76. The van der Waals surface area contributed by atoms with Gasteiger partial charge in [-0.05, 0) is 42.2 Å². The summed E-state index contributed by atoms with van der Waals surface area (Å²) in [5, 5.41) is 1.14. The number of para-hydroxylation sites is 1. The SMILES string of the molecule is c1ccc(CC2CCc3ccc(OCc4ccc5ccccc5n4)cc3O2)cc1. The van der Waals surface area contributed by atoms with E-state index in [4.69, 9.17) is 9.47 Å². The van der Waals surface area contributed by atoms with Crippen molar-refractivity contribution >= 4 is 10.9 Å². The van der Waals surface area contributed by atoms with Crippen LogP contribution in [0.1, 0.15) is 23.2 Å². The summed E-state index contributed by atoms with van der Waals surface area (Å²) >= 11 is 0. The number of rotatable bonds is 5. The third-order valence-electron chi connectivity index (χ3n) is 5.42. The molecule has 1 aliphatic rings. The summed E-state index contributed by atoms with van der Waals surface area (Å²) in [6, 6.07) is 28.9. The van der Waals surface area contributed by atoms with Gasteiger partial charge in [-0.3, -0.25) is 0 Å². The van der Waals surface area contributed by atoms with Crippen molar-refractivity contribution in [3.05, 3.63) is 102 Å².